The molecule has 0 saturated carbocycles. The zero-order chi connectivity index (χ0) is 20.2. The summed E-state index contributed by atoms with van der Waals surface area (Å²) in [5.74, 6) is -0.280. The molecule has 0 unspecified atom stereocenters. The van der Waals surface area contributed by atoms with Gasteiger partial charge in [-0.15, -0.1) is 0 Å². The van der Waals surface area contributed by atoms with Gasteiger partial charge in [0.05, 0.1) is 5.56 Å². The van der Waals surface area contributed by atoms with Crippen molar-refractivity contribution in [2.75, 3.05) is 13.1 Å². The van der Waals surface area contributed by atoms with Gasteiger partial charge in [-0.3, -0.25) is 19.6 Å². The van der Waals surface area contributed by atoms with E-state index in [0.717, 1.165) is 5.39 Å². The van der Waals surface area contributed by atoms with Crippen molar-refractivity contribution in [3.05, 3.63) is 62.2 Å². The number of hydrogen-bond donors (Lipinski definition) is 3. The van der Waals surface area contributed by atoms with Crippen LogP contribution in [0.4, 0.5) is 4.39 Å². The summed E-state index contributed by atoms with van der Waals surface area (Å²) in [7, 11) is 0. The third-order valence-corrected chi connectivity index (χ3v) is 5.82. The van der Waals surface area contributed by atoms with Crippen LogP contribution in [0.1, 0.15) is 35.3 Å². The van der Waals surface area contributed by atoms with Crippen molar-refractivity contribution < 1.29 is 13.9 Å². The number of ether oxygens (including phenoxy) is 1. The highest BCUT2D eigenvalue weighted by molar-refractivity contribution is 5.98. The minimum atomic E-state index is -0.599. The van der Waals surface area contributed by atoms with Gasteiger partial charge in [-0.2, -0.15) is 0 Å². The van der Waals surface area contributed by atoms with Crippen LogP contribution in [0.15, 0.2) is 33.9 Å². The average Bonchev–Trinajstić information content (AvgIpc) is 3.18. The summed E-state index contributed by atoms with van der Waals surface area (Å²) < 4.78 is 19.4. The van der Waals surface area contributed by atoms with Crippen molar-refractivity contribution in [2.45, 2.75) is 31.3 Å². The number of H-pyrrole nitrogens is 3. The molecular weight excluding hydrogens is 379 g/mol. The Kier molecular flexibility index (Phi) is 3.87. The molecule has 2 aromatic heterocycles. The lowest BCUT2D eigenvalue weighted by Crippen LogP contribution is -2.37. The third kappa shape index (κ3) is 3.02. The molecule has 0 bridgehead atoms. The van der Waals surface area contributed by atoms with Gasteiger partial charge in [0.1, 0.15) is 17.1 Å². The number of aromatic nitrogens is 3. The van der Waals surface area contributed by atoms with Crippen molar-refractivity contribution in [1.29, 1.82) is 0 Å². The van der Waals surface area contributed by atoms with E-state index in [2.05, 4.69) is 15.0 Å². The number of carbonyl (C=O) groups excluding carboxylic acids is 1. The quantitative estimate of drug-likeness (QED) is 0.579. The maximum atomic E-state index is 13.4. The number of likely N-dealkylation sites (tertiary alicyclic amines) is 1. The predicted octanol–water partition coefficient (Wildman–Crippen LogP) is 1.68. The van der Waals surface area contributed by atoms with Crippen molar-refractivity contribution in [3.8, 4) is 5.88 Å². The van der Waals surface area contributed by atoms with E-state index in [9.17, 15) is 18.8 Å². The molecule has 1 aromatic carbocycles. The van der Waals surface area contributed by atoms with Crippen LogP contribution in [0, 0.1) is 5.82 Å². The smallest absolute Gasteiger partial charge is 0.328 e. The fraction of sp³-hybridized carbons (Fsp3) is 0.350. The highest BCUT2D eigenvalue weighted by atomic mass is 19.1. The summed E-state index contributed by atoms with van der Waals surface area (Å²) in [6.45, 7) is 1.01. The second kappa shape index (κ2) is 6.33. The highest BCUT2D eigenvalue weighted by Crippen LogP contribution is 2.38. The van der Waals surface area contributed by atoms with Gasteiger partial charge in [0.2, 0.25) is 5.88 Å². The molecule has 1 saturated heterocycles. The number of amides is 1. The van der Waals surface area contributed by atoms with Crippen LogP contribution in [0.3, 0.4) is 0 Å². The SMILES string of the molecule is O=C(c1cc2ccc(F)cc2[nH]1)N1CCC[C@]2(CC1)Cc1c([nH]c(=O)[nH]c1=O)O2. The fourth-order valence-electron chi connectivity index (χ4n) is 4.35. The number of nitrogens with one attached hydrogen (secondary N) is 3. The predicted molar refractivity (Wildman–Crippen MR) is 103 cm³/mol. The van der Waals surface area contributed by atoms with Gasteiger partial charge in [-0.05, 0) is 37.1 Å². The molecule has 4 heterocycles. The zero-order valence-corrected chi connectivity index (χ0v) is 15.5. The molecule has 3 N–H and O–H groups in total. The average molecular weight is 398 g/mol. The summed E-state index contributed by atoms with van der Waals surface area (Å²) in [6, 6.07) is 6.09. The van der Waals surface area contributed by atoms with E-state index in [0.29, 0.717) is 55.5 Å². The minimum absolute atomic E-state index is 0.152. The minimum Gasteiger partial charge on any atom is -0.471 e. The molecule has 29 heavy (non-hydrogen) atoms. The van der Waals surface area contributed by atoms with E-state index >= 15 is 0 Å². The molecule has 2 aliphatic heterocycles. The Labute approximate surface area is 163 Å². The second-order valence-electron chi connectivity index (χ2n) is 7.74. The number of nitrogens with zero attached hydrogens (tertiary/aromatic N) is 1. The Hall–Kier alpha value is -3.36. The van der Waals surface area contributed by atoms with E-state index in [1.165, 1.54) is 12.1 Å². The van der Waals surface area contributed by atoms with Crippen LogP contribution in [0.5, 0.6) is 5.88 Å². The van der Waals surface area contributed by atoms with Gasteiger partial charge in [-0.1, -0.05) is 0 Å². The lowest BCUT2D eigenvalue weighted by atomic mass is 9.90. The summed E-state index contributed by atoms with van der Waals surface area (Å²) in [5.41, 5.74) is -0.176. The van der Waals surface area contributed by atoms with Crippen LogP contribution in [-0.2, 0) is 6.42 Å². The first-order valence-corrected chi connectivity index (χ1v) is 9.55. The van der Waals surface area contributed by atoms with Crippen molar-refractivity contribution in [2.24, 2.45) is 0 Å². The first-order valence-electron chi connectivity index (χ1n) is 9.55. The van der Waals surface area contributed by atoms with Crippen molar-refractivity contribution in [3.63, 3.8) is 0 Å². The number of aromatic amines is 3. The van der Waals surface area contributed by atoms with E-state index in [-0.39, 0.29) is 17.6 Å². The van der Waals surface area contributed by atoms with Gasteiger partial charge in [0, 0.05) is 36.8 Å². The van der Waals surface area contributed by atoms with Crippen LogP contribution in [-0.4, -0.2) is 44.4 Å². The molecule has 0 aliphatic carbocycles. The number of benzene rings is 1. The monoisotopic (exact) mass is 398 g/mol. The Balaban J connectivity index is 1.36. The molecular formula is C20H19FN4O4. The molecule has 2 aliphatic rings. The maximum absolute atomic E-state index is 13.4. The van der Waals surface area contributed by atoms with Crippen LogP contribution >= 0.6 is 0 Å². The number of rotatable bonds is 1. The lowest BCUT2D eigenvalue weighted by molar-refractivity contribution is 0.0655. The van der Waals surface area contributed by atoms with Gasteiger partial charge >= 0.3 is 5.69 Å². The van der Waals surface area contributed by atoms with Crippen molar-refractivity contribution in [1.82, 2.24) is 19.9 Å². The summed E-state index contributed by atoms with van der Waals surface area (Å²) in [4.78, 5) is 46.1. The van der Waals surface area contributed by atoms with E-state index in [1.807, 2.05) is 0 Å². The summed E-state index contributed by atoms with van der Waals surface area (Å²) in [5, 5.41) is 0.777. The third-order valence-electron chi connectivity index (χ3n) is 5.82. The molecule has 1 fully saturated rings. The fourth-order valence-corrected chi connectivity index (χ4v) is 4.35. The Morgan fingerprint density at radius 2 is 1.97 bits per heavy atom. The zero-order valence-electron chi connectivity index (χ0n) is 15.5. The Bertz CT molecular complexity index is 1240. The first-order chi connectivity index (χ1) is 13.9. The number of fused-ring (bicyclic) bond motifs is 2. The van der Waals surface area contributed by atoms with Gasteiger partial charge in [0.15, 0.2) is 0 Å². The molecule has 1 atom stereocenters. The lowest BCUT2D eigenvalue weighted by Gasteiger charge is -2.27. The summed E-state index contributed by atoms with van der Waals surface area (Å²) in [6.07, 6.45) is 2.33. The van der Waals surface area contributed by atoms with Gasteiger partial charge in [-0.25, -0.2) is 9.18 Å². The first kappa shape index (κ1) is 17.7. The van der Waals surface area contributed by atoms with Crippen LogP contribution < -0.4 is 16.0 Å². The van der Waals surface area contributed by atoms with E-state index < -0.39 is 16.9 Å². The molecule has 150 valence electrons. The molecule has 9 heteroatoms. The molecule has 8 nitrogen and oxygen atoms in total. The molecule has 0 radical (unpaired) electrons. The number of carbonyl (C=O) groups is 1. The number of halogens is 1. The maximum Gasteiger partial charge on any atom is 0.328 e. The number of hydrogen-bond acceptors (Lipinski definition) is 4. The molecule has 3 aromatic rings. The Morgan fingerprint density at radius 1 is 1.10 bits per heavy atom. The van der Waals surface area contributed by atoms with E-state index in [1.54, 1.807) is 17.0 Å². The summed E-state index contributed by atoms with van der Waals surface area (Å²) >= 11 is 0. The standard InChI is InChI=1S/C20H19FN4O4/c21-12-3-2-11-8-15(22-14(11)9-12)18(27)25-6-1-4-20(5-7-25)10-13-16(26)23-19(28)24-17(13)29-20/h2-3,8-9,22H,1,4-7,10H2,(H2,23,24,26,28)/t20-/m0/s1. The largest absolute Gasteiger partial charge is 0.471 e. The van der Waals surface area contributed by atoms with Gasteiger partial charge < -0.3 is 14.6 Å². The van der Waals surface area contributed by atoms with Gasteiger partial charge in [0.25, 0.3) is 11.5 Å². The van der Waals surface area contributed by atoms with Crippen LogP contribution in [0.2, 0.25) is 0 Å². The molecule has 5 rings (SSSR count). The second-order valence-corrected chi connectivity index (χ2v) is 7.74. The molecule has 1 amide bonds. The molecule has 1 spiro atoms. The normalized spacial score (nSPS) is 21.2. The van der Waals surface area contributed by atoms with E-state index in [4.69, 9.17) is 4.74 Å². The van der Waals surface area contributed by atoms with Crippen LogP contribution in [0.25, 0.3) is 10.9 Å². The Morgan fingerprint density at radius 3 is 2.83 bits per heavy atom. The topological polar surface area (TPSA) is 111 Å². The van der Waals surface area contributed by atoms with Crippen molar-refractivity contribution >= 4 is 16.8 Å². The highest BCUT2D eigenvalue weighted by Gasteiger charge is 2.43.